The van der Waals surface area contributed by atoms with E-state index in [0.29, 0.717) is 19.4 Å². The van der Waals surface area contributed by atoms with Crippen molar-refractivity contribution in [2.24, 2.45) is 11.1 Å². The van der Waals surface area contributed by atoms with Gasteiger partial charge in [0.05, 0.1) is 11.9 Å². The number of carbonyl (C=O) groups is 1. The van der Waals surface area contributed by atoms with Gasteiger partial charge in [-0.2, -0.15) is 0 Å². The Morgan fingerprint density at radius 1 is 1.33 bits per heavy atom. The molecule has 0 aliphatic carbocycles. The summed E-state index contributed by atoms with van der Waals surface area (Å²) in [6, 6.07) is 8.27. The number of carboxylic acids is 1. The SMILES string of the molecule is O=C(O)C1NCCCC1C(CP(=O)(O)O)=NOCc1ccccc1. The maximum absolute atomic E-state index is 11.4. The number of hydrogen-bond acceptors (Lipinski definition) is 5. The lowest BCUT2D eigenvalue weighted by Crippen LogP contribution is -2.50. The van der Waals surface area contributed by atoms with Crippen molar-refractivity contribution in [1.82, 2.24) is 5.32 Å². The van der Waals surface area contributed by atoms with E-state index in [-0.39, 0.29) is 12.3 Å². The largest absolute Gasteiger partial charge is 0.480 e. The van der Waals surface area contributed by atoms with Crippen molar-refractivity contribution in [3.8, 4) is 0 Å². The van der Waals surface area contributed by atoms with E-state index in [1.54, 1.807) is 0 Å². The molecule has 1 heterocycles. The molecule has 1 aromatic carbocycles. The van der Waals surface area contributed by atoms with Gasteiger partial charge in [0, 0.05) is 5.92 Å². The van der Waals surface area contributed by atoms with Crippen LogP contribution in [-0.2, 0) is 20.8 Å². The molecule has 1 aliphatic heterocycles. The Morgan fingerprint density at radius 2 is 2.04 bits per heavy atom. The Balaban J connectivity index is 2.15. The molecular weight excluding hydrogens is 335 g/mol. The number of rotatable bonds is 7. The van der Waals surface area contributed by atoms with Gasteiger partial charge < -0.3 is 25.0 Å². The van der Waals surface area contributed by atoms with Gasteiger partial charge in [-0.05, 0) is 24.9 Å². The van der Waals surface area contributed by atoms with Gasteiger partial charge in [0.25, 0.3) is 0 Å². The Morgan fingerprint density at radius 3 is 2.67 bits per heavy atom. The summed E-state index contributed by atoms with van der Waals surface area (Å²) in [5, 5.41) is 16.0. The van der Waals surface area contributed by atoms with Crippen molar-refractivity contribution in [3.63, 3.8) is 0 Å². The van der Waals surface area contributed by atoms with E-state index < -0.39 is 31.7 Å². The zero-order valence-electron chi connectivity index (χ0n) is 13.0. The smallest absolute Gasteiger partial charge is 0.331 e. The Kier molecular flexibility index (Phi) is 6.51. The van der Waals surface area contributed by atoms with Crippen molar-refractivity contribution in [3.05, 3.63) is 35.9 Å². The van der Waals surface area contributed by atoms with Crippen molar-refractivity contribution in [2.45, 2.75) is 25.5 Å². The highest BCUT2D eigenvalue weighted by atomic mass is 31.2. The molecule has 1 aliphatic rings. The summed E-state index contributed by atoms with van der Waals surface area (Å²) >= 11 is 0. The zero-order valence-corrected chi connectivity index (χ0v) is 13.9. The number of carboxylic acid groups (broad SMARTS) is 1. The van der Waals surface area contributed by atoms with Crippen LogP contribution in [0.3, 0.4) is 0 Å². The van der Waals surface area contributed by atoms with Gasteiger partial charge in [-0.25, -0.2) is 0 Å². The summed E-state index contributed by atoms with van der Waals surface area (Å²) in [4.78, 5) is 35.1. The minimum absolute atomic E-state index is 0.0823. The summed E-state index contributed by atoms with van der Waals surface area (Å²) in [7, 11) is -4.39. The minimum Gasteiger partial charge on any atom is -0.480 e. The average molecular weight is 356 g/mol. The van der Waals surface area contributed by atoms with Crippen LogP contribution in [0.2, 0.25) is 0 Å². The van der Waals surface area contributed by atoms with Gasteiger partial charge in [-0.3, -0.25) is 9.36 Å². The highest BCUT2D eigenvalue weighted by molar-refractivity contribution is 7.52. The molecule has 0 saturated carbocycles. The highest BCUT2D eigenvalue weighted by Crippen LogP contribution is 2.37. The Bertz CT molecular complexity index is 630. The molecule has 1 fully saturated rings. The fourth-order valence-electron chi connectivity index (χ4n) is 2.70. The first-order valence-electron chi connectivity index (χ1n) is 7.60. The van der Waals surface area contributed by atoms with E-state index in [1.165, 1.54) is 0 Å². The number of aliphatic carboxylic acids is 1. The van der Waals surface area contributed by atoms with Gasteiger partial charge in [-0.15, -0.1) is 0 Å². The fourth-order valence-corrected chi connectivity index (χ4v) is 3.41. The molecular formula is C15H21N2O6P. The maximum atomic E-state index is 11.4. The van der Waals surface area contributed by atoms with Crippen LogP contribution in [0.15, 0.2) is 35.5 Å². The molecule has 24 heavy (non-hydrogen) atoms. The first kappa shape index (κ1) is 18.6. The van der Waals surface area contributed by atoms with Crippen molar-refractivity contribution in [2.75, 3.05) is 12.7 Å². The van der Waals surface area contributed by atoms with Crippen LogP contribution in [0.1, 0.15) is 18.4 Å². The number of nitrogens with zero attached hydrogens (tertiary/aromatic N) is 1. The first-order valence-corrected chi connectivity index (χ1v) is 9.40. The average Bonchev–Trinajstić information content (AvgIpc) is 2.54. The van der Waals surface area contributed by atoms with E-state index in [9.17, 15) is 24.3 Å². The lowest BCUT2D eigenvalue weighted by molar-refractivity contribution is -0.140. The van der Waals surface area contributed by atoms with Gasteiger partial charge in [0.1, 0.15) is 12.6 Å². The minimum atomic E-state index is -4.39. The van der Waals surface area contributed by atoms with E-state index in [4.69, 9.17) is 4.84 Å². The number of oxime groups is 1. The van der Waals surface area contributed by atoms with E-state index >= 15 is 0 Å². The van der Waals surface area contributed by atoms with E-state index in [2.05, 4.69) is 10.5 Å². The van der Waals surface area contributed by atoms with Crippen molar-refractivity contribution >= 4 is 19.3 Å². The predicted octanol–water partition coefficient (Wildman–Crippen LogP) is 1.19. The van der Waals surface area contributed by atoms with Crippen molar-refractivity contribution in [1.29, 1.82) is 0 Å². The molecule has 2 atom stereocenters. The second kappa shape index (κ2) is 8.39. The Hall–Kier alpha value is -1.73. The molecule has 9 heteroatoms. The zero-order chi connectivity index (χ0) is 17.6. The van der Waals surface area contributed by atoms with Crippen LogP contribution < -0.4 is 5.32 Å². The first-order chi connectivity index (χ1) is 11.4. The lowest BCUT2D eigenvalue weighted by atomic mass is 9.87. The third-order valence-corrected chi connectivity index (χ3v) is 4.51. The molecule has 0 bridgehead atoms. The second-order valence-corrected chi connectivity index (χ2v) is 7.33. The van der Waals surface area contributed by atoms with E-state index in [0.717, 1.165) is 5.56 Å². The molecule has 1 aromatic rings. The monoisotopic (exact) mass is 356 g/mol. The maximum Gasteiger partial charge on any atom is 0.331 e. The van der Waals surface area contributed by atoms with Gasteiger partial charge in [0.15, 0.2) is 0 Å². The van der Waals surface area contributed by atoms with Gasteiger partial charge >= 0.3 is 13.6 Å². The van der Waals surface area contributed by atoms with Crippen LogP contribution in [0.5, 0.6) is 0 Å². The van der Waals surface area contributed by atoms with Crippen LogP contribution in [0.4, 0.5) is 0 Å². The number of hydrogen-bond donors (Lipinski definition) is 4. The molecule has 132 valence electrons. The number of nitrogens with one attached hydrogen (secondary N) is 1. The third-order valence-electron chi connectivity index (χ3n) is 3.78. The van der Waals surface area contributed by atoms with Gasteiger partial charge in [0.2, 0.25) is 0 Å². The van der Waals surface area contributed by atoms with Gasteiger partial charge in [-0.1, -0.05) is 35.5 Å². The topological polar surface area (TPSA) is 128 Å². The molecule has 8 nitrogen and oxygen atoms in total. The molecule has 4 N–H and O–H groups in total. The fraction of sp³-hybridized carbons (Fsp3) is 0.467. The predicted molar refractivity (Wildman–Crippen MR) is 87.7 cm³/mol. The molecule has 1 saturated heterocycles. The lowest BCUT2D eigenvalue weighted by Gasteiger charge is -2.30. The highest BCUT2D eigenvalue weighted by Gasteiger charge is 2.36. The number of piperidine rings is 1. The summed E-state index contributed by atoms with van der Waals surface area (Å²) in [5.74, 6) is -1.68. The van der Waals surface area contributed by atoms with Crippen molar-refractivity contribution < 1.29 is 29.1 Å². The molecule has 0 radical (unpaired) electrons. The quantitative estimate of drug-likeness (QED) is 0.328. The van der Waals surface area contributed by atoms with Crippen LogP contribution in [0, 0.1) is 5.92 Å². The van der Waals surface area contributed by atoms with Crippen LogP contribution in [-0.4, -0.2) is 45.3 Å². The van der Waals surface area contributed by atoms with Crippen LogP contribution in [0.25, 0.3) is 0 Å². The molecule has 2 unspecified atom stereocenters. The normalized spacial score (nSPS) is 22.2. The standard InChI is InChI=1S/C15H21N2O6P/c18-15(19)14-12(7-4-8-16-14)13(10-24(20,21)22)17-23-9-11-5-2-1-3-6-11/h1-3,5-6,12,14,16H,4,7-10H2,(H,18,19)(H2,20,21,22). The summed E-state index contributed by atoms with van der Waals surface area (Å²) in [5.41, 5.74) is 0.937. The molecule has 0 amide bonds. The summed E-state index contributed by atoms with van der Waals surface area (Å²) < 4.78 is 11.4. The van der Waals surface area contributed by atoms with E-state index in [1.807, 2.05) is 30.3 Å². The Labute approximate surface area is 139 Å². The number of benzene rings is 1. The third kappa shape index (κ3) is 5.72. The molecule has 2 rings (SSSR count). The summed E-state index contributed by atoms with van der Waals surface area (Å²) in [6.07, 6.45) is 0.572. The second-order valence-electron chi connectivity index (χ2n) is 5.68. The summed E-state index contributed by atoms with van der Waals surface area (Å²) in [6.45, 7) is 0.685. The molecule has 0 aromatic heterocycles. The van der Waals surface area contributed by atoms with Crippen LogP contribution >= 0.6 is 7.60 Å². The molecule has 0 spiro atoms.